The zero-order valence-corrected chi connectivity index (χ0v) is 9.47. The van der Waals surface area contributed by atoms with Crippen LogP contribution in [0.15, 0.2) is 12.1 Å². The highest BCUT2D eigenvalue weighted by molar-refractivity contribution is 6.32. The van der Waals surface area contributed by atoms with E-state index >= 15 is 0 Å². The molecule has 82 valence electrons. The molecule has 0 atom stereocenters. The molecule has 1 aromatic carbocycles. The van der Waals surface area contributed by atoms with Crippen LogP contribution < -0.4 is 9.47 Å². The van der Waals surface area contributed by atoms with Gasteiger partial charge in [-0.15, -0.1) is 0 Å². The summed E-state index contributed by atoms with van der Waals surface area (Å²) in [6.45, 7) is 4.38. The molecule has 0 aliphatic carbocycles. The van der Waals surface area contributed by atoms with Crippen LogP contribution in [-0.4, -0.2) is 18.3 Å². The molecule has 1 aliphatic rings. The molecule has 0 radical (unpaired) electrons. The number of ether oxygens (including phenoxy) is 2. The molecule has 1 N–H and O–H groups in total. The van der Waals surface area contributed by atoms with Crippen molar-refractivity contribution in [3.05, 3.63) is 22.7 Å². The van der Waals surface area contributed by atoms with Gasteiger partial charge < -0.3 is 14.6 Å². The Kier molecular flexibility index (Phi) is 2.52. The standard InChI is InChI=1S/C11H13ClO3/c1-11(2,13)7-3-4-8(12)10-9(7)14-5-6-15-10/h3-4,13H,5-6H2,1-2H3. The van der Waals surface area contributed by atoms with Crippen LogP contribution in [0, 0.1) is 0 Å². The largest absolute Gasteiger partial charge is 0.486 e. The maximum Gasteiger partial charge on any atom is 0.180 e. The van der Waals surface area contributed by atoms with Gasteiger partial charge in [0, 0.05) is 5.56 Å². The average molecular weight is 229 g/mol. The Morgan fingerprint density at radius 2 is 1.80 bits per heavy atom. The van der Waals surface area contributed by atoms with Gasteiger partial charge >= 0.3 is 0 Å². The smallest absolute Gasteiger partial charge is 0.180 e. The number of benzene rings is 1. The molecule has 0 spiro atoms. The van der Waals surface area contributed by atoms with Crippen molar-refractivity contribution in [2.45, 2.75) is 19.4 Å². The topological polar surface area (TPSA) is 38.7 Å². The Balaban J connectivity index is 2.58. The van der Waals surface area contributed by atoms with Crippen molar-refractivity contribution in [3.8, 4) is 11.5 Å². The third-order valence-corrected chi connectivity index (χ3v) is 2.60. The molecule has 1 aliphatic heterocycles. The van der Waals surface area contributed by atoms with Gasteiger partial charge in [-0.05, 0) is 19.9 Å². The van der Waals surface area contributed by atoms with Crippen molar-refractivity contribution >= 4 is 11.6 Å². The first-order chi connectivity index (χ1) is 7.00. The Bertz CT molecular complexity index is 382. The summed E-state index contributed by atoms with van der Waals surface area (Å²) in [5.74, 6) is 1.09. The van der Waals surface area contributed by atoms with Crippen LogP contribution in [0.1, 0.15) is 19.4 Å². The van der Waals surface area contributed by atoms with Crippen molar-refractivity contribution in [2.24, 2.45) is 0 Å². The van der Waals surface area contributed by atoms with Crippen LogP contribution in [0.2, 0.25) is 5.02 Å². The molecule has 4 heteroatoms. The third kappa shape index (κ3) is 1.90. The second-order valence-corrected chi connectivity index (χ2v) is 4.42. The van der Waals surface area contributed by atoms with Crippen LogP contribution in [-0.2, 0) is 5.60 Å². The van der Waals surface area contributed by atoms with E-state index in [0.717, 1.165) is 0 Å². The Labute approximate surface area is 93.6 Å². The minimum Gasteiger partial charge on any atom is -0.486 e. The fourth-order valence-corrected chi connectivity index (χ4v) is 1.79. The van der Waals surface area contributed by atoms with Gasteiger partial charge in [0.15, 0.2) is 11.5 Å². The normalized spacial score (nSPS) is 15.2. The number of hydrogen-bond donors (Lipinski definition) is 1. The first-order valence-electron chi connectivity index (χ1n) is 4.81. The first-order valence-corrected chi connectivity index (χ1v) is 5.19. The van der Waals surface area contributed by atoms with Crippen molar-refractivity contribution in [1.82, 2.24) is 0 Å². The lowest BCUT2D eigenvalue weighted by Crippen LogP contribution is -2.22. The van der Waals surface area contributed by atoms with Crippen LogP contribution in [0.25, 0.3) is 0 Å². The lowest BCUT2D eigenvalue weighted by Gasteiger charge is -2.27. The molecule has 0 fully saturated rings. The van der Waals surface area contributed by atoms with Gasteiger partial charge in [-0.1, -0.05) is 17.7 Å². The second-order valence-electron chi connectivity index (χ2n) is 4.01. The van der Waals surface area contributed by atoms with Gasteiger partial charge in [0.25, 0.3) is 0 Å². The van der Waals surface area contributed by atoms with E-state index in [2.05, 4.69) is 0 Å². The van der Waals surface area contributed by atoms with Crippen molar-refractivity contribution in [3.63, 3.8) is 0 Å². The van der Waals surface area contributed by atoms with Gasteiger partial charge in [-0.25, -0.2) is 0 Å². The fourth-order valence-electron chi connectivity index (χ4n) is 1.59. The molecular weight excluding hydrogens is 216 g/mol. The summed E-state index contributed by atoms with van der Waals surface area (Å²) in [6.07, 6.45) is 0. The maximum absolute atomic E-state index is 9.96. The predicted octanol–water partition coefficient (Wildman–Crippen LogP) is 2.34. The highest BCUT2D eigenvalue weighted by Gasteiger charge is 2.27. The molecule has 15 heavy (non-hydrogen) atoms. The summed E-state index contributed by atoms with van der Waals surface area (Å²) in [7, 11) is 0. The number of halogens is 1. The van der Waals surface area contributed by atoms with Crippen molar-refractivity contribution < 1.29 is 14.6 Å². The summed E-state index contributed by atoms with van der Waals surface area (Å²) >= 11 is 5.98. The SMILES string of the molecule is CC(C)(O)c1ccc(Cl)c2c1OCCO2. The molecule has 0 aromatic heterocycles. The average Bonchev–Trinajstić information content (AvgIpc) is 2.17. The zero-order valence-electron chi connectivity index (χ0n) is 8.71. The molecule has 2 rings (SSSR count). The molecule has 1 heterocycles. The fraction of sp³-hybridized carbons (Fsp3) is 0.455. The van der Waals surface area contributed by atoms with E-state index in [0.29, 0.717) is 35.3 Å². The monoisotopic (exact) mass is 228 g/mol. The van der Waals surface area contributed by atoms with E-state index in [1.807, 2.05) is 0 Å². The summed E-state index contributed by atoms with van der Waals surface area (Å²) in [4.78, 5) is 0. The molecule has 0 saturated carbocycles. The van der Waals surface area contributed by atoms with Crippen LogP contribution in [0.4, 0.5) is 0 Å². The Hall–Kier alpha value is -0.930. The summed E-state index contributed by atoms with van der Waals surface area (Å²) in [5.41, 5.74) is -0.267. The van der Waals surface area contributed by atoms with E-state index in [-0.39, 0.29) is 0 Å². The molecule has 3 nitrogen and oxygen atoms in total. The number of hydrogen-bond acceptors (Lipinski definition) is 3. The zero-order chi connectivity index (χ0) is 11.1. The van der Waals surface area contributed by atoms with Gasteiger partial charge in [-0.3, -0.25) is 0 Å². The Morgan fingerprint density at radius 1 is 1.20 bits per heavy atom. The van der Waals surface area contributed by atoms with E-state index in [9.17, 15) is 5.11 Å². The van der Waals surface area contributed by atoms with Gasteiger partial charge in [0.05, 0.1) is 10.6 Å². The highest BCUT2D eigenvalue weighted by Crippen LogP contribution is 2.43. The van der Waals surface area contributed by atoms with Gasteiger partial charge in [-0.2, -0.15) is 0 Å². The minimum absolute atomic E-state index is 0.483. The van der Waals surface area contributed by atoms with E-state index in [1.165, 1.54) is 0 Å². The summed E-state index contributed by atoms with van der Waals surface area (Å²) in [6, 6.07) is 3.47. The third-order valence-electron chi connectivity index (χ3n) is 2.30. The molecule has 0 amide bonds. The molecular formula is C11H13ClO3. The van der Waals surface area contributed by atoms with Crippen LogP contribution >= 0.6 is 11.6 Å². The summed E-state index contributed by atoms with van der Waals surface area (Å²) in [5, 5.41) is 10.5. The van der Waals surface area contributed by atoms with Gasteiger partial charge in [0.1, 0.15) is 13.2 Å². The molecule has 1 aromatic rings. The Morgan fingerprint density at radius 3 is 2.40 bits per heavy atom. The van der Waals surface area contributed by atoms with Gasteiger partial charge in [0.2, 0.25) is 0 Å². The van der Waals surface area contributed by atoms with E-state index in [4.69, 9.17) is 21.1 Å². The van der Waals surface area contributed by atoms with Crippen molar-refractivity contribution in [2.75, 3.05) is 13.2 Å². The summed E-state index contributed by atoms with van der Waals surface area (Å²) < 4.78 is 10.9. The van der Waals surface area contributed by atoms with E-state index in [1.54, 1.807) is 26.0 Å². The number of rotatable bonds is 1. The lowest BCUT2D eigenvalue weighted by atomic mass is 9.97. The first kappa shape index (κ1) is 10.6. The molecule has 0 bridgehead atoms. The van der Waals surface area contributed by atoms with Crippen LogP contribution in [0.3, 0.4) is 0 Å². The highest BCUT2D eigenvalue weighted by atomic mass is 35.5. The number of fused-ring (bicyclic) bond motifs is 1. The molecule has 0 unspecified atom stereocenters. The van der Waals surface area contributed by atoms with Crippen molar-refractivity contribution in [1.29, 1.82) is 0 Å². The lowest BCUT2D eigenvalue weighted by molar-refractivity contribution is 0.0703. The van der Waals surface area contributed by atoms with Crippen LogP contribution in [0.5, 0.6) is 11.5 Å². The quantitative estimate of drug-likeness (QED) is 0.802. The minimum atomic E-state index is -0.963. The molecule has 0 saturated heterocycles. The van der Waals surface area contributed by atoms with E-state index < -0.39 is 5.60 Å². The number of aliphatic hydroxyl groups is 1. The second kappa shape index (κ2) is 3.58. The maximum atomic E-state index is 9.96. The predicted molar refractivity (Wildman–Crippen MR) is 57.7 cm³/mol.